The zero-order valence-electron chi connectivity index (χ0n) is 11.6. The molecule has 0 saturated carbocycles. The summed E-state index contributed by atoms with van der Waals surface area (Å²) in [5.41, 5.74) is 6.08. The van der Waals surface area contributed by atoms with Crippen LogP contribution in [0.4, 0.5) is 10.5 Å². The lowest BCUT2D eigenvalue weighted by molar-refractivity contribution is -0.0125. The molecule has 1 aromatic carbocycles. The van der Waals surface area contributed by atoms with Crippen LogP contribution in [-0.2, 0) is 0 Å². The fraction of sp³-hybridized carbons (Fsp3) is 0.533. The molecule has 5 heteroatoms. The average molecular weight is 276 g/mol. The van der Waals surface area contributed by atoms with Crippen molar-refractivity contribution in [1.82, 2.24) is 4.90 Å². The Morgan fingerprint density at radius 1 is 1.30 bits per heavy atom. The van der Waals surface area contributed by atoms with Crippen molar-refractivity contribution in [1.29, 1.82) is 0 Å². The van der Waals surface area contributed by atoms with Crippen LogP contribution in [0.3, 0.4) is 0 Å². The number of amides is 1. The van der Waals surface area contributed by atoms with Gasteiger partial charge in [0.25, 0.3) is 0 Å². The summed E-state index contributed by atoms with van der Waals surface area (Å²) >= 11 is 0. The van der Waals surface area contributed by atoms with E-state index in [1.807, 2.05) is 24.3 Å². The van der Waals surface area contributed by atoms with Gasteiger partial charge in [-0.05, 0) is 44.0 Å². The zero-order chi connectivity index (χ0) is 14.3. The van der Waals surface area contributed by atoms with Crippen molar-refractivity contribution >= 4 is 11.8 Å². The Morgan fingerprint density at radius 2 is 1.85 bits per heavy atom. The lowest BCUT2D eigenvalue weighted by Gasteiger charge is -2.43. The Bertz CT molecular complexity index is 500. The van der Waals surface area contributed by atoms with Crippen LogP contribution in [0.15, 0.2) is 24.3 Å². The first-order valence-corrected chi connectivity index (χ1v) is 7.03. The first-order chi connectivity index (χ1) is 9.47. The Labute approximate surface area is 118 Å². The predicted molar refractivity (Wildman–Crippen MR) is 75.8 cm³/mol. The van der Waals surface area contributed by atoms with Crippen LogP contribution in [0.5, 0.6) is 5.75 Å². The first-order valence-electron chi connectivity index (χ1n) is 7.03. The largest absolute Gasteiger partial charge is 0.487 e. The smallest absolute Gasteiger partial charge is 0.407 e. The van der Waals surface area contributed by atoms with Crippen LogP contribution >= 0.6 is 0 Å². The van der Waals surface area contributed by atoms with Crippen molar-refractivity contribution in [3.8, 4) is 5.75 Å². The van der Waals surface area contributed by atoms with Gasteiger partial charge >= 0.3 is 6.09 Å². The molecule has 1 unspecified atom stereocenters. The van der Waals surface area contributed by atoms with Crippen molar-refractivity contribution < 1.29 is 14.6 Å². The van der Waals surface area contributed by atoms with Crippen LogP contribution in [-0.4, -0.2) is 33.8 Å². The Morgan fingerprint density at radius 3 is 2.35 bits per heavy atom. The number of rotatable bonds is 2. The van der Waals surface area contributed by atoms with Crippen LogP contribution in [0, 0.1) is 0 Å². The van der Waals surface area contributed by atoms with Gasteiger partial charge in [-0.3, -0.25) is 0 Å². The summed E-state index contributed by atoms with van der Waals surface area (Å²) in [6.07, 6.45) is 2.59. The lowest BCUT2D eigenvalue weighted by Crippen LogP contribution is -2.53. The van der Waals surface area contributed by atoms with Gasteiger partial charge in [-0.2, -0.15) is 0 Å². The third kappa shape index (κ3) is 2.28. The number of fused-ring (bicyclic) bond motifs is 2. The molecule has 5 nitrogen and oxygen atoms in total. The first kappa shape index (κ1) is 13.1. The molecule has 1 amide bonds. The molecule has 3 N–H and O–H groups in total. The molecule has 2 aliphatic heterocycles. The second-order valence-corrected chi connectivity index (χ2v) is 6.10. The zero-order valence-corrected chi connectivity index (χ0v) is 11.6. The topological polar surface area (TPSA) is 75.8 Å². The summed E-state index contributed by atoms with van der Waals surface area (Å²) in [6, 6.07) is 7.55. The van der Waals surface area contributed by atoms with E-state index >= 15 is 0 Å². The highest BCUT2D eigenvalue weighted by Crippen LogP contribution is 2.42. The van der Waals surface area contributed by atoms with Crippen molar-refractivity contribution in [2.75, 3.05) is 5.73 Å². The minimum Gasteiger partial charge on any atom is -0.487 e. The van der Waals surface area contributed by atoms with Gasteiger partial charge in [-0.15, -0.1) is 0 Å². The van der Waals surface area contributed by atoms with Crippen LogP contribution < -0.4 is 10.5 Å². The van der Waals surface area contributed by atoms with Crippen LogP contribution in [0.1, 0.15) is 32.6 Å². The molecule has 2 bridgehead atoms. The molecule has 0 radical (unpaired) electrons. The maximum atomic E-state index is 11.3. The quantitative estimate of drug-likeness (QED) is 0.814. The Kier molecular flexibility index (Phi) is 3.00. The third-order valence-corrected chi connectivity index (χ3v) is 4.42. The summed E-state index contributed by atoms with van der Waals surface area (Å²) in [4.78, 5) is 12.9. The number of benzene rings is 1. The maximum absolute atomic E-state index is 11.3. The molecule has 20 heavy (non-hydrogen) atoms. The number of nitrogens with zero attached hydrogens (tertiary/aromatic N) is 1. The van der Waals surface area contributed by atoms with Crippen molar-refractivity contribution in [3.05, 3.63) is 24.3 Å². The number of anilines is 1. The predicted octanol–water partition coefficient (Wildman–Crippen LogP) is 2.71. The van der Waals surface area contributed by atoms with E-state index < -0.39 is 6.09 Å². The Balaban J connectivity index is 1.75. The molecular weight excluding hydrogens is 256 g/mol. The highest BCUT2D eigenvalue weighted by Gasteiger charge is 2.49. The standard InChI is InChI=1S/C15H20N2O3/c1-15(20-13-6-2-10(16)3-7-13)8-11-4-5-12(9-15)17(11)14(18)19/h2-3,6-7,11-12H,4-5,8-9,16H2,1H3,(H,18,19)/t11-,12+,15?. The molecule has 3 rings (SSSR count). The second-order valence-electron chi connectivity index (χ2n) is 6.10. The van der Waals surface area contributed by atoms with E-state index in [9.17, 15) is 9.90 Å². The molecule has 1 aromatic rings. The monoisotopic (exact) mass is 276 g/mol. The highest BCUT2D eigenvalue weighted by molar-refractivity contribution is 5.66. The number of nitrogen functional groups attached to an aromatic ring is 1. The highest BCUT2D eigenvalue weighted by atomic mass is 16.5. The number of piperidine rings is 1. The van der Waals surface area contributed by atoms with E-state index in [0.717, 1.165) is 31.4 Å². The van der Waals surface area contributed by atoms with E-state index in [-0.39, 0.29) is 17.7 Å². The number of hydrogen-bond donors (Lipinski definition) is 2. The van der Waals surface area contributed by atoms with E-state index in [4.69, 9.17) is 10.5 Å². The average Bonchev–Trinajstić information content (AvgIpc) is 2.66. The minimum atomic E-state index is -0.799. The molecule has 2 heterocycles. The normalized spacial score (nSPS) is 32.1. The summed E-state index contributed by atoms with van der Waals surface area (Å²) in [6.45, 7) is 2.08. The molecule has 2 aliphatic rings. The molecule has 0 spiro atoms. The minimum absolute atomic E-state index is 0.0880. The van der Waals surface area contributed by atoms with Crippen LogP contribution in [0.2, 0.25) is 0 Å². The number of hydrogen-bond acceptors (Lipinski definition) is 3. The lowest BCUT2D eigenvalue weighted by atomic mass is 9.87. The van der Waals surface area contributed by atoms with E-state index in [1.165, 1.54) is 0 Å². The fourth-order valence-corrected chi connectivity index (χ4v) is 3.66. The molecule has 0 aromatic heterocycles. The SMILES string of the molecule is CC1(Oc2ccc(N)cc2)C[C@H]2CC[C@@H](C1)N2C(=O)O. The molecule has 3 atom stereocenters. The van der Waals surface area contributed by atoms with E-state index in [1.54, 1.807) is 4.90 Å². The van der Waals surface area contributed by atoms with Crippen LogP contribution in [0.25, 0.3) is 0 Å². The van der Waals surface area contributed by atoms with Gasteiger partial charge in [0.15, 0.2) is 0 Å². The molecular formula is C15H20N2O3. The molecule has 108 valence electrons. The number of nitrogens with two attached hydrogens (primary N) is 1. The van der Waals surface area contributed by atoms with Crippen molar-refractivity contribution in [3.63, 3.8) is 0 Å². The summed E-state index contributed by atoms with van der Waals surface area (Å²) < 4.78 is 6.13. The summed E-state index contributed by atoms with van der Waals surface area (Å²) in [5.74, 6) is 0.796. The van der Waals surface area contributed by atoms with Gasteiger partial charge in [0.2, 0.25) is 0 Å². The molecule has 0 aliphatic carbocycles. The fourth-order valence-electron chi connectivity index (χ4n) is 3.66. The maximum Gasteiger partial charge on any atom is 0.407 e. The van der Waals surface area contributed by atoms with Crippen molar-refractivity contribution in [2.24, 2.45) is 0 Å². The van der Waals surface area contributed by atoms with E-state index in [2.05, 4.69) is 6.92 Å². The Hall–Kier alpha value is -1.91. The number of carboxylic acid groups (broad SMARTS) is 1. The van der Waals surface area contributed by atoms with Gasteiger partial charge in [0.1, 0.15) is 11.4 Å². The van der Waals surface area contributed by atoms with Gasteiger partial charge in [-0.1, -0.05) is 0 Å². The second kappa shape index (κ2) is 4.58. The summed E-state index contributed by atoms with van der Waals surface area (Å²) in [5, 5.41) is 9.28. The van der Waals surface area contributed by atoms with Crippen molar-refractivity contribution in [2.45, 2.75) is 50.3 Å². The third-order valence-electron chi connectivity index (χ3n) is 4.42. The van der Waals surface area contributed by atoms with Gasteiger partial charge in [0.05, 0.1) is 0 Å². The van der Waals surface area contributed by atoms with E-state index in [0.29, 0.717) is 5.69 Å². The number of ether oxygens (including phenoxy) is 1. The molecule has 2 saturated heterocycles. The van der Waals surface area contributed by atoms with Gasteiger partial charge in [-0.25, -0.2) is 4.79 Å². The summed E-state index contributed by atoms with van der Waals surface area (Å²) in [7, 11) is 0. The molecule has 2 fully saturated rings. The number of carbonyl (C=O) groups is 1. The van der Waals surface area contributed by atoms with Gasteiger partial charge in [0, 0.05) is 30.6 Å². The van der Waals surface area contributed by atoms with Gasteiger partial charge < -0.3 is 20.5 Å².